The molecule has 0 bridgehead atoms. The number of para-hydroxylation sites is 1. The number of nitrogens with zero attached hydrogens (tertiary/aromatic N) is 3. The molecule has 29 heavy (non-hydrogen) atoms. The summed E-state index contributed by atoms with van der Waals surface area (Å²) in [5.41, 5.74) is 5.95. The van der Waals surface area contributed by atoms with Gasteiger partial charge in [-0.15, -0.1) is 10.2 Å². The van der Waals surface area contributed by atoms with E-state index in [1.807, 2.05) is 18.2 Å². The van der Waals surface area contributed by atoms with E-state index in [9.17, 15) is 0 Å². The molecule has 0 spiro atoms. The summed E-state index contributed by atoms with van der Waals surface area (Å²) in [6, 6.07) is 19.0. The molecule has 0 amide bonds. The van der Waals surface area contributed by atoms with Crippen LogP contribution in [0.15, 0.2) is 84.5 Å². The molecule has 1 aliphatic rings. The fourth-order valence-electron chi connectivity index (χ4n) is 3.48. The van der Waals surface area contributed by atoms with Crippen molar-refractivity contribution in [1.82, 2.24) is 14.8 Å². The van der Waals surface area contributed by atoms with Crippen molar-refractivity contribution in [3.63, 3.8) is 0 Å². The molecule has 3 aromatic rings. The number of hydrogen-bond donors (Lipinski definition) is 0. The molecule has 0 saturated heterocycles. The minimum absolute atomic E-state index is 0.122. The highest BCUT2D eigenvalue weighted by Gasteiger charge is 2.19. The van der Waals surface area contributed by atoms with Crippen LogP contribution in [0.5, 0.6) is 0 Å². The van der Waals surface area contributed by atoms with Crippen LogP contribution in [0.3, 0.4) is 0 Å². The number of hydrogen-bond acceptors (Lipinski definition) is 2. The third-order valence-corrected chi connectivity index (χ3v) is 5.23. The average molecular weight is 382 g/mol. The molecule has 1 aromatic heterocycles. The van der Waals surface area contributed by atoms with Crippen LogP contribution in [0.4, 0.5) is 0 Å². The molecular formula is C26H27N3. The predicted octanol–water partition coefficient (Wildman–Crippen LogP) is 6.52. The zero-order valence-corrected chi connectivity index (χ0v) is 17.6. The van der Waals surface area contributed by atoms with Gasteiger partial charge >= 0.3 is 0 Å². The van der Waals surface area contributed by atoms with E-state index in [1.165, 1.54) is 11.1 Å². The number of allylic oxidation sites excluding steroid dienone is 6. The number of rotatable bonds is 3. The Morgan fingerprint density at radius 2 is 1.52 bits per heavy atom. The maximum atomic E-state index is 4.60. The lowest BCUT2D eigenvalue weighted by Crippen LogP contribution is -2.10. The van der Waals surface area contributed by atoms with Gasteiger partial charge in [0, 0.05) is 16.8 Å². The molecule has 0 atom stereocenters. The van der Waals surface area contributed by atoms with Crippen molar-refractivity contribution in [3.8, 4) is 17.1 Å². The summed E-state index contributed by atoms with van der Waals surface area (Å²) in [5, 5.41) is 9.19. The van der Waals surface area contributed by atoms with Crippen LogP contribution in [0, 0.1) is 0 Å². The van der Waals surface area contributed by atoms with Crippen molar-refractivity contribution in [2.45, 2.75) is 39.5 Å². The zero-order chi connectivity index (χ0) is 20.4. The SMILES string of the molecule is CC1=CC=C(c2nnc(-c3ccc(C(C)(C)C)cc3)n2-c2ccccc2)C=CC1. The highest BCUT2D eigenvalue weighted by Crippen LogP contribution is 2.30. The van der Waals surface area contributed by atoms with Gasteiger partial charge < -0.3 is 0 Å². The molecule has 0 fully saturated rings. The normalized spacial score (nSPS) is 14.3. The Morgan fingerprint density at radius 1 is 0.828 bits per heavy atom. The topological polar surface area (TPSA) is 30.7 Å². The third-order valence-electron chi connectivity index (χ3n) is 5.23. The van der Waals surface area contributed by atoms with Crippen LogP contribution >= 0.6 is 0 Å². The Balaban J connectivity index is 1.87. The van der Waals surface area contributed by atoms with Gasteiger partial charge in [-0.2, -0.15) is 0 Å². The second-order valence-corrected chi connectivity index (χ2v) is 8.59. The van der Waals surface area contributed by atoms with Crippen LogP contribution < -0.4 is 0 Å². The van der Waals surface area contributed by atoms with Gasteiger partial charge in [-0.25, -0.2) is 0 Å². The molecule has 0 unspecified atom stereocenters. The van der Waals surface area contributed by atoms with Gasteiger partial charge in [0.25, 0.3) is 0 Å². The van der Waals surface area contributed by atoms with Gasteiger partial charge in [-0.1, -0.05) is 93.1 Å². The van der Waals surface area contributed by atoms with E-state index in [-0.39, 0.29) is 5.41 Å². The second kappa shape index (κ2) is 7.67. The fraction of sp³-hybridized carbons (Fsp3) is 0.231. The molecule has 1 heterocycles. The lowest BCUT2D eigenvalue weighted by molar-refractivity contribution is 0.590. The zero-order valence-electron chi connectivity index (χ0n) is 17.6. The van der Waals surface area contributed by atoms with Gasteiger partial charge in [-0.3, -0.25) is 4.57 Å². The van der Waals surface area contributed by atoms with Gasteiger partial charge in [0.15, 0.2) is 11.6 Å². The van der Waals surface area contributed by atoms with Gasteiger partial charge in [0.2, 0.25) is 0 Å². The minimum atomic E-state index is 0.122. The Morgan fingerprint density at radius 3 is 2.21 bits per heavy atom. The summed E-state index contributed by atoms with van der Waals surface area (Å²) in [6.07, 6.45) is 9.59. The Bertz CT molecular complexity index is 1090. The second-order valence-electron chi connectivity index (χ2n) is 8.59. The predicted molar refractivity (Wildman–Crippen MR) is 121 cm³/mol. The van der Waals surface area contributed by atoms with Crippen molar-refractivity contribution in [2.75, 3.05) is 0 Å². The van der Waals surface area contributed by atoms with Crippen molar-refractivity contribution >= 4 is 5.57 Å². The smallest absolute Gasteiger partial charge is 0.168 e. The lowest BCUT2D eigenvalue weighted by Gasteiger charge is -2.19. The summed E-state index contributed by atoms with van der Waals surface area (Å²) in [6.45, 7) is 8.83. The van der Waals surface area contributed by atoms with Crippen LogP contribution in [0.25, 0.3) is 22.6 Å². The maximum absolute atomic E-state index is 4.60. The summed E-state index contributed by atoms with van der Waals surface area (Å²) < 4.78 is 2.15. The standard InChI is InChI=1S/C26H27N3/c1-19-9-8-10-20(14-13-19)24-27-28-25(29(24)23-11-6-5-7-12-23)21-15-17-22(18-16-21)26(2,3)4/h5-8,10-18H,9H2,1-4H3. The molecule has 4 rings (SSSR count). The Kier molecular flexibility index (Phi) is 5.06. The third kappa shape index (κ3) is 4.00. The van der Waals surface area contributed by atoms with Gasteiger partial charge in [0.05, 0.1) is 0 Å². The maximum Gasteiger partial charge on any atom is 0.168 e. The monoisotopic (exact) mass is 381 g/mol. The molecule has 0 N–H and O–H groups in total. The van der Waals surface area contributed by atoms with E-state index in [1.54, 1.807) is 0 Å². The molecule has 3 heteroatoms. The highest BCUT2D eigenvalue weighted by atomic mass is 15.3. The van der Waals surface area contributed by atoms with Crippen LogP contribution in [0.2, 0.25) is 0 Å². The van der Waals surface area contributed by atoms with E-state index in [4.69, 9.17) is 0 Å². The molecule has 146 valence electrons. The minimum Gasteiger partial charge on any atom is -0.275 e. The first kappa shape index (κ1) is 19.1. The van der Waals surface area contributed by atoms with E-state index < -0.39 is 0 Å². The Hall–Kier alpha value is -3.20. The van der Waals surface area contributed by atoms with E-state index in [0.717, 1.165) is 34.9 Å². The lowest BCUT2D eigenvalue weighted by atomic mass is 9.86. The van der Waals surface area contributed by atoms with Crippen LogP contribution in [-0.4, -0.2) is 14.8 Å². The molecule has 0 radical (unpaired) electrons. The first-order valence-corrected chi connectivity index (χ1v) is 10.1. The van der Waals surface area contributed by atoms with Gasteiger partial charge in [0.1, 0.15) is 0 Å². The van der Waals surface area contributed by atoms with E-state index >= 15 is 0 Å². The largest absolute Gasteiger partial charge is 0.275 e. The van der Waals surface area contributed by atoms with Gasteiger partial charge in [-0.05, 0) is 36.5 Å². The van der Waals surface area contributed by atoms with Crippen molar-refractivity contribution in [2.24, 2.45) is 0 Å². The van der Waals surface area contributed by atoms with E-state index in [0.29, 0.717) is 0 Å². The first-order chi connectivity index (χ1) is 13.9. The van der Waals surface area contributed by atoms with Crippen molar-refractivity contribution in [1.29, 1.82) is 0 Å². The van der Waals surface area contributed by atoms with Crippen molar-refractivity contribution in [3.05, 3.63) is 95.9 Å². The molecular weight excluding hydrogens is 354 g/mol. The summed E-state index contributed by atoms with van der Waals surface area (Å²) >= 11 is 0. The molecule has 1 aliphatic carbocycles. The summed E-state index contributed by atoms with van der Waals surface area (Å²) in [7, 11) is 0. The number of benzene rings is 2. The average Bonchev–Trinajstić information content (AvgIpc) is 3.04. The van der Waals surface area contributed by atoms with Crippen LogP contribution in [-0.2, 0) is 5.41 Å². The van der Waals surface area contributed by atoms with Crippen LogP contribution in [0.1, 0.15) is 45.5 Å². The molecule has 0 saturated carbocycles. The molecule has 0 aliphatic heterocycles. The number of aromatic nitrogens is 3. The molecule has 3 nitrogen and oxygen atoms in total. The fourth-order valence-corrected chi connectivity index (χ4v) is 3.48. The summed E-state index contributed by atoms with van der Waals surface area (Å²) in [4.78, 5) is 0. The highest BCUT2D eigenvalue weighted by molar-refractivity contribution is 5.75. The quantitative estimate of drug-likeness (QED) is 0.517. The first-order valence-electron chi connectivity index (χ1n) is 10.1. The molecule has 2 aromatic carbocycles. The summed E-state index contributed by atoms with van der Waals surface area (Å²) in [5.74, 6) is 1.71. The van der Waals surface area contributed by atoms with Crippen molar-refractivity contribution < 1.29 is 0 Å². The Labute approximate surface area is 173 Å². The van der Waals surface area contributed by atoms with E-state index in [2.05, 4.69) is 103 Å².